The molecule has 0 radical (unpaired) electrons. The molecule has 2 heteroatoms. The first kappa shape index (κ1) is 13.1. The summed E-state index contributed by atoms with van der Waals surface area (Å²) in [5.41, 5.74) is 6.83. The minimum absolute atomic E-state index is 0.381. The van der Waals surface area contributed by atoms with Crippen LogP contribution in [0.2, 0.25) is 0 Å². The molecular weight excluding hydrogens is 364 g/mol. The van der Waals surface area contributed by atoms with Crippen LogP contribution in [-0.4, -0.2) is 5.33 Å². The van der Waals surface area contributed by atoms with E-state index < -0.39 is 0 Å². The fourth-order valence-electron chi connectivity index (χ4n) is 2.72. The third-order valence-electron chi connectivity index (χ3n) is 3.58. The molecule has 96 valence electrons. The van der Waals surface area contributed by atoms with E-state index in [2.05, 4.69) is 86.5 Å². The lowest BCUT2D eigenvalue weighted by Gasteiger charge is -2.12. The molecule has 1 aliphatic rings. The lowest BCUT2D eigenvalue weighted by Crippen LogP contribution is -1.94. The molecule has 19 heavy (non-hydrogen) atoms. The van der Waals surface area contributed by atoms with Crippen molar-refractivity contribution in [2.75, 3.05) is 5.33 Å². The Bertz CT molecular complexity index is 629. The first-order chi connectivity index (χ1) is 9.31. The number of rotatable bonds is 1. The van der Waals surface area contributed by atoms with Crippen molar-refractivity contribution in [3.05, 3.63) is 76.9 Å². The first-order valence-corrected chi connectivity index (χ1v) is 8.42. The molecule has 2 aromatic carbocycles. The Labute approximate surface area is 130 Å². The second-order valence-corrected chi connectivity index (χ2v) is 6.44. The SMILES string of the molecule is BrC/C=C1\c2ccccc2CC(Br)c2ccccc21. The highest BCUT2D eigenvalue weighted by molar-refractivity contribution is 9.09. The van der Waals surface area contributed by atoms with Gasteiger partial charge < -0.3 is 0 Å². The van der Waals surface area contributed by atoms with E-state index in [1.807, 2.05) is 0 Å². The van der Waals surface area contributed by atoms with Gasteiger partial charge in [0.25, 0.3) is 0 Å². The van der Waals surface area contributed by atoms with Crippen molar-refractivity contribution in [2.45, 2.75) is 11.2 Å². The van der Waals surface area contributed by atoms with Crippen molar-refractivity contribution >= 4 is 37.4 Å². The summed E-state index contributed by atoms with van der Waals surface area (Å²) in [6.07, 6.45) is 3.30. The number of hydrogen-bond donors (Lipinski definition) is 0. The third-order valence-corrected chi connectivity index (χ3v) is 4.72. The molecule has 0 saturated carbocycles. The van der Waals surface area contributed by atoms with Crippen molar-refractivity contribution < 1.29 is 0 Å². The summed E-state index contributed by atoms with van der Waals surface area (Å²) in [5.74, 6) is 0. The summed E-state index contributed by atoms with van der Waals surface area (Å²) in [6, 6.07) is 17.4. The summed E-state index contributed by atoms with van der Waals surface area (Å²) < 4.78 is 0. The zero-order valence-corrected chi connectivity index (χ0v) is 13.6. The molecule has 0 aliphatic heterocycles. The third kappa shape index (κ3) is 2.44. The van der Waals surface area contributed by atoms with Gasteiger partial charge in [-0.25, -0.2) is 0 Å². The van der Waals surface area contributed by atoms with Gasteiger partial charge in [-0.1, -0.05) is 86.5 Å². The molecular formula is C17H14Br2. The van der Waals surface area contributed by atoms with E-state index in [9.17, 15) is 0 Å². The molecule has 1 aliphatic carbocycles. The van der Waals surface area contributed by atoms with E-state index in [4.69, 9.17) is 0 Å². The minimum Gasteiger partial charge on any atom is -0.0883 e. The van der Waals surface area contributed by atoms with Crippen LogP contribution < -0.4 is 0 Å². The van der Waals surface area contributed by atoms with Crippen LogP contribution >= 0.6 is 31.9 Å². The quantitative estimate of drug-likeness (QED) is 0.575. The lowest BCUT2D eigenvalue weighted by atomic mass is 9.94. The predicted molar refractivity (Wildman–Crippen MR) is 89.1 cm³/mol. The maximum absolute atomic E-state index is 3.85. The Hall–Kier alpha value is -0.860. The van der Waals surface area contributed by atoms with Crippen LogP contribution in [0.3, 0.4) is 0 Å². The van der Waals surface area contributed by atoms with E-state index in [0.717, 1.165) is 11.8 Å². The van der Waals surface area contributed by atoms with E-state index in [-0.39, 0.29) is 0 Å². The number of allylic oxidation sites excluding steroid dienone is 1. The fraction of sp³-hybridized carbons (Fsp3) is 0.176. The fourth-order valence-corrected chi connectivity index (χ4v) is 3.79. The zero-order chi connectivity index (χ0) is 13.2. The molecule has 0 bridgehead atoms. The van der Waals surface area contributed by atoms with Crippen LogP contribution in [-0.2, 0) is 6.42 Å². The summed E-state index contributed by atoms with van der Waals surface area (Å²) >= 11 is 7.39. The van der Waals surface area contributed by atoms with E-state index in [1.54, 1.807) is 0 Å². The smallest absolute Gasteiger partial charge is 0.0441 e. The standard InChI is InChI=1S/C17H14Br2/c18-10-9-15-13-6-2-1-5-12(13)11-17(19)16-8-4-3-7-14(15)16/h1-9,17H,10-11H2/b15-9+. The van der Waals surface area contributed by atoms with Crippen LogP contribution in [0.15, 0.2) is 54.6 Å². The molecule has 1 atom stereocenters. The first-order valence-electron chi connectivity index (χ1n) is 6.39. The molecule has 0 N–H and O–H groups in total. The second-order valence-electron chi connectivity index (χ2n) is 4.69. The summed E-state index contributed by atoms with van der Waals surface area (Å²) in [5, 5.41) is 0.873. The molecule has 0 saturated heterocycles. The predicted octanol–water partition coefficient (Wildman–Crippen LogP) is 5.51. The molecule has 0 spiro atoms. The maximum Gasteiger partial charge on any atom is 0.0441 e. The number of fused-ring (bicyclic) bond motifs is 2. The minimum atomic E-state index is 0.381. The van der Waals surface area contributed by atoms with Crippen molar-refractivity contribution in [3.63, 3.8) is 0 Å². The Morgan fingerprint density at radius 1 is 1.00 bits per heavy atom. The van der Waals surface area contributed by atoms with E-state index >= 15 is 0 Å². The highest BCUT2D eigenvalue weighted by Gasteiger charge is 2.22. The Kier molecular flexibility index (Phi) is 3.90. The van der Waals surface area contributed by atoms with Gasteiger partial charge in [-0.15, -0.1) is 0 Å². The van der Waals surface area contributed by atoms with E-state index in [0.29, 0.717) is 4.83 Å². The Balaban J connectivity index is 2.29. The number of halogens is 2. The average Bonchev–Trinajstić information content (AvgIpc) is 2.56. The van der Waals surface area contributed by atoms with Gasteiger partial charge in [0.05, 0.1) is 0 Å². The Morgan fingerprint density at radius 3 is 2.47 bits per heavy atom. The molecule has 0 aromatic heterocycles. The molecule has 3 rings (SSSR count). The van der Waals surface area contributed by atoms with Crippen molar-refractivity contribution in [3.8, 4) is 0 Å². The highest BCUT2D eigenvalue weighted by atomic mass is 79.9. The van der Waals surface area contributed by atoms with Gasteiger partial charge in [0.2, 0.25) is 0 Å². The van der Waals surface area contributed by atoms with Crippen LogP contribution in [0.1, 0.15) is 27.1 Å². The van der Waals surface area contributed by atoms with Crippen LogP contribution in [0.4, 0.5) is 0 Å². The lowest BCUT2D eigenvalue weighted by molar-refractivity contribution is 0.954. The van der Waals surface area contributed by atoms with Gasteiger partial charge in [-0.3, -0.25) is 0 Å². The van der Waals surface area contributed by atoms with Crippen molar-refractivity contribution in [2.24, 2.45) is 0 Å². The van der Waals surface area contributed by atoms with Crippen LogP contribution in [0, 0.1) is 0 Å². The number of benzene rings is 2. The monoisotopic (exact) mass is 376 g/mol. The normalized spacial score (nSPS) is 19.7. The van der Waals surface area contributed by atoms with Crippen LogP contribution in [0.25, 0.3) is 5.57 Å². The van der Waals surface area contributed by atoms with Crippen molar-refractivity contribution in [1.29, 1.82) is 0 Å². The average molecular weight is 378 g/mol. The zero-order valence-electron chi connectivity index (χ0n) is 10.4. The van der Waals surface area contributed by atoms with E-state index in [1.165, 1.54) is 27.8 Å². The number of alkyl halides is 2. The van der Waals surface area contributed by atoms with Gasteiger partial charge in [-0.2, -0.15) is 0 Å². The molecule has 1 unspecified atom stereocenters. The molecule has 2 aromatic rings. The Morgan fingerprint density at radius 2 is 1.68 bits per heavy atom. The van der Waals surface area contributed by atoms with Gasteiger partial charge in [0.15, 0.2) is 0 Å². The topological polar surface area (TPSA) is 0 Å². The van der Waals surface area contributed by atoms with Crippen LogP contribution in [0.5, 0.6) is 0 Å². The molecule has 0 fully saturated rings. The molecule has 0 nitrogen and oxygen atoms in total. The molecule has 0 amide bonds. The summed E-state index contributed by atoms with van der Waals surface area (Å²) in [4.78, 5) is 0.381. The van der Waals surface area contributed by atoms with Gasteiger partial charge in [0.1, 0.15) is 0 Å². The van der Waals surface area contributed by atoms with Gasteiger partial charge >= 0.3 is 0 Å². The van der Waals surface area contributed by atoms with Crippen molar-refractivity contribution in [1.82, 2.24) is 0 Å². The number of hydrogen-bond acceptors (Lipinski definition) is 0. The maximum atomic E-state index is 3.85. The summed E-state index contributed by atoms with van der Waals surface area (Å²) in [7, 11) is 0. The van der Waals surface area contributed by atoms with Gasteiger partial charge in [0, 0.05) is 10.2 Å². The second kappa shape index (κ2) is 5.64. The molecule has 0 heterocycles. The van der Waals surface area contributed by atoms with Gasteiger partial charge in [-0.05, 0) is 34.2 Å². The highest BCUT2D eigenvalue weighted by Crippen LogP contribution is 2.40. The largest absolute Gasteiger partial charge is 0.0883 e. The summed E-state index contributed by atoms with van der Waals surface area (Å²) in [6.45, 7) is 0.